The number of rotatable bonds is 8. The summed E-state index contributed by atoms with van der Waals surface area (Å²) in [6.07, 6.45) is 0.734. The Morgan fingerprint density at radius 3 is 2.41 bits per heavy atom. The Bertz CT molecular complexity index is 935. The fourth-order valence-corrected chi connectivity index (χ4v) is 3.84. The predicted octanol–water partition coefficient (Wildman–Crippen LogP) is 3.32. The van der Waals surface area contributed by atoms with Gasteiger partial charge in [0.15, 0.2) is 17.5 Å². The summed E-state index contributed by atoms with van der Waals surface area (Å²) >= 11 is 0. The topological polar surface area (TPSA) is 67.4 Å². The van der Waals surface area contributed by atoms with Gasteiger partial charge in [-0.2, -0.15) is 0 Å². The highest BCUT2D eigenvalue weighted by Gasteiger charge is 2.27. The number of benzene rings is 2. The van der Waals surface area contributed by atoms with Gasteiger partial charge in [0.2, 0.25) is 5.75 Å². The maximum Gasteiger partial charge on any atom is 0.203 e. The third kappa shape index (κ3) is 5.15. The van der Waals surface area contributed by atoms with E-state index in [2.05, 4.69) is 15.6 Å². The van der Waals surface area contributed by atoms with Crippen LogP contribution in [0.2, 0.25) is 0 Å². The van der Waals surface area contributed by atoms with Crippen LogP contribution in [0, 0.1) is 11.6 Å². The summed E-state index contributed by atoms with van der Waals surface area (Å²) in [5, 5.41) is 6.59. The lowest BCUT2D eigenvalue weighted by Crippen LogP contribution is -2.44. The van der Waals surface area contributed by atoms with E-state index in [9.17, 15) is 8.78 Å². The average Bonchev–Trinajstić information content (AvgIpc) is 3.24. The number of hydrogen-bond donors (Lipinski definition) is 2. The van der Waals surface area contributed by atoms with Crippen molar-refractivity contribution in [1.29, 1.82) is 0 Å². The molecule has 1 atom stereocenters. The Morgan fingerprint density at radius 1 is 1.06 bits per heavy atom. The molecule has 0 amide bonds. The Morgan fingerprint density at radius 2 is 1.78 bits per heavy atom. The summed E-state index contributed by atoms with van der Waals surface area (Å²) in [4.78, 5) is 6.40. The van der Waals surface area contributed by atoms with Crippen molar-refractivity contribution >= 4 is 11.6 Å². The van der Waals surface area contributed by atoms with Crippen LogP contribution in [0.15, 0.2) is 35.3 Å². The summed E-state index contributed by atoms with van der Waals surface area (Å²) in [5.74, 6) is 1.17. The number of hydrogen-bond acceptors (Lipinski definition) is 5. The van der Waals surface area contributed by atoms with Crippen molar-refractivity contribution in [2.24, 2.45) is 4.99 Å². The minimum absolute atomic E-state index is 0.000829. The molecule has 174 valence electrons. The van der Waals surface area contributed by atoms with Crippen molar-refractivity contribution in [2.45, 2.75) is 25.9 Å². The Labute approximate surface area is 187 Å². The number of methoxy groups -OCH3 is 3. The SMILES string of the molecule is CCNC(=NCc1ccc(OC)c(OC)c1OC)NC1CCN(c2c(F)cccc2F)C1. The van der Waals surface area contributed by atoms with Crippen molar-refractivity contribution in [1.82, 2.24) is 10.6 Å². The van der Waals surface area contributed by atoms with Gasteiger partial charge in [-0.15, -0.1) is 0 Å². The van der Waals surface area contributed by atoms with Gasteiger partial charge in [-0.1, -0.05) is 6.07 Å². The number of nitrogens with zero attached hydrogens (tertiary/aromatic N) is 2. The minimum Gasteiger partial charge on any atom is -0.493 e. The molecule has 9 heteroatoms. The van der Waals surface area contributed by atoms with Crippen molar-refractivity contribution in [3.8, 4) is 17.2 Å². The van der Waals surface area contributed by atoms with Gasteiger partial charge < -0.3 is 29.7 Å². The highest BCUT2D eigenvalue weighted by molar-refractivity contribution is 5.80. The second-order valence-electron chi connectivity index (χ2n) is 7.33. The lowest BCUT2D eigenvalue weighted by Gasteiger charge is -2.21. The molecule has 1 unspecified atom stereocenters. The van der Waals surface area contributed by atoms with Crippen LogP contribution in [-0.2, 0) is 6.54 Å². The molecule has 32 heavy (non-hydrogen) atoms. The van der Waals surface area contributed by atoms with Gasteiger partial charge in [-0.3, -0.25) is 0 Å². The van der Waals surface area contributed by atoms with Crippen LogP contribution in [0.3, 0.4) is 0 Å². The van der Waals surface area contributed by atoms with Gasteiger partial charge in [0.05, 0.1) is 27.9 Å². The fourth-order valence-electron chi connectivity index (χ4n) is 3.84. The average molecular weight is 449 g/mol. The molecule has 3 rings (SSSR count). The van der Waals surface area contributed by atoms with Crippen LogP contribution in [0.25, 0.3) is 0 Å². The summed E-state index contributed by atoms with van der Waals surface area (Å²) < 4.78 is 44.6. The molecular formula is C23H30F2N4O3. The van der Waals surface area contributed by atoms with Gasteiger partial charge in [0.1, 0.15) is 17.3 Å². The number of aliphatic imine (C=N–C) groups is 1. The maximum atomic E-state index is 14.1. The third-order valence-electron chi connectivity index (χ3n) is 5.32. The molecule has 1 aliphatic heterocycles. The van der Waals surface area contributed by atoms with Crippen LogP contribution in [0.4, 0.5) is 14.5 Å². The molecule has 0 bridgehead atoms. The normalized spacial score (nSPS) is 16.1. The first-order valence-corrected chi connectivity index (χ1v) is 10.5. The second-order valence-corrected chi connectivity index (χ2v) is 7.33. The standard InChI is InChI=1S/C23H30F2N4O3/c1-5-26-23(27-13-15-9-10-19(30-2)22(32-4)21(15)31-3)28-16-11-12-29(14-16)20-17(24)7-6-8-18(20)25/h6-10,16H,5,11-14H2,1-4H3,(H2,26,27,28). The summed E-state index contributed by atoms with van der Waals surface area (Å²) in [5.41, 5.74) is 0.859. The molecule has 7 nitrogen and oxygen atoms in total. The summed E-state index contributed by atoms with van der Waals surface area (Å²) in [6.45, 7) is 4.02. The van der Waals surface area contributed by atoms with E-state index in [4.69, 9.17) is 14.2 Å². The van der Waals surface area contributed by atoms with E-state index < -0.39 is 11.6 Å². The predicted molar refractivity (Wildman–Crippen MR) is 121 cm³/mol. The maximum absolute atomic E-state index is 14.1. The fraction of sp³-hybridized carbons (Fsp3) is 0.435. The van der Waals surface area contributed by atoms with E-state index in [-0.39, 0.29) is 11.7 Å². The molecular weight excluding hydrogens is 418 g/mol. The third-order valence-corrected chi connectivity index (χ3v) is 5.32. The number of nitrogens with one attached hydrogen (secondary N) is 2. The van der Waals surface area contributed by atoms with Gasteiger partial charge in [0, 0.05) is 31.2 Å². The zero-order valence-electron chi connectivity index (χ0n) is 18.9. The van der Waals surface area contributed by atoms with Gasteiger partial charge in [-0.25, -0.2) is 13.8 Å². The van der Waals surface area contributed by atoms with Crippen LogP contribution in [0.1, 0.15) is 18.9 Å². The van der Waals surface area contributed by atoms with Crippen LogP contribution in [-0.4, -0.2) is 53.0 Å². The molecule has 0 aromatic heterocycles. The molecule has 2 aromatic rings. The van der Waals surface area contributed by atoms with E-state index in [1.807, 2.05) is 19.1 Å². The van der Waals surface area contributed by atoms with Crippen LogP contribution >= 0.6 is 0 Å². The molecule has 1 heterocycles. The number of ether oxygens (including phenoxy) is 3. The molecule has 0 radical (unpaired) electrons. The van der Waals surface area contributed by atoms with Gasteiger partial charge in [-0.05, 0) is 37.6 Å². The molecule has 1 fully saturated rings. The zero-order chi connectivity index (χ0) is 23.1. The number of guanidine groups is 1. The van der Waals surface area contributed by atoms with E-state index >= 15 is 0 Å². The summed E-state index contributed by atoms with van der Waals surface area (Å²) in [7, 11) is 4.70. The van der Waals surface area contributed by atoms with E-state index in [1.165, 1.54) is 18.2 Å². The Hall–Kier alpha value is -3.23. The second kappa shape index (κ2) is 10.9. The molecule has 0 aliphatic carbocycles. The molecule has 0 spiro atoms. The first-order valence-electron chi connectivity index (χ1n) is 10.5. The molecule has 2 N–H and O–H groups in total. The number of anilines is 1. The lowest BCUT2D eigenvalue weighted by molar-refractivity contribution is 0.322. The first kappa shape index (κ1) is 23.4. The zero-order valence-corrected chi connectivity index (χ0v) is 18.9. The van der Waals surface area contributed by atoms with Gasteiger partial charge >= 0.3 is 0 Å². The lowest BCUT2D eigenvalue weighted by atomic mass is 10.1. The molecule has 0 saturated carbocycles. The highest BCUT2D eigenvalue weighted by atomic mass is 19.1. The van der Waals surface area contributed by atoms with Crippen molar-refractivity contribution in [2.75, 3.05) is 45.9 Å². The monoisotopic (exact) mass is 448 g/mol. The van der Waals surface area contributed by atoms with E-state index in [0.717, 1.165) is 12.0 Å². The molecule has 1 saturated heterocycles. The summed E-state index contributed by atoms with van der Waals surface area (Å²) in [6, 6.07) is 7.62. The van der Waals surface area contributed by atoms with E-state index in [0.29, 0.717) is 49.4 Å². The molecule has 2 aromatic carbocycles. The number of para-hydroxylation sites is 1. The van der Waals surface area contributed by atoms with Crippen LogP contribution < -0.4 is 29.7 Å². The van der Waals surface area contributed by atoms with Crippen molar-refractivity contribution < 1.29 is 23.0 Å². The van der Waals surface area contributed by atoms with Crippen LogP contribution in [0.5, 0.6) is 17.2 Å². The smallest absolute Gasteiger partial charge is 0.203 e. The van der Waals surface area contributed by atoms with Gasteiger partial charge in [0.25, 0.3) is 0 Å². The minimum atomic E-state index is -0.549. The number of halogens is 2. The molecule has 1 aliphatic rings. The Kier molecular flexibility index (Phi) is 7.97. The Balaban J connectivity index is 1.73. The first-order chi connectivity index (χ1) is 15.5. The quantitative estimate of drug-likeness (QED) is 0.477. The van der Waals surface area contributed by atoms with E-state index in [1.54, 1.807) is 26.2 Å². The largest absolute Gasteiger partial charge is 0.493 e. The highest BCUT2D eigenvalue weighted by Crippen LogP contribution is 2.40. The van der Waals surface area contributed by atoms with Crippen molar-refractivity contribution in [3.05, 3.63) is 47.5 Å². The van der Waals surface area contributed by atoms with Crippen molar-refractivity contribution in [3.63, 3.8) is 0 Å².